The van der Waals surface area contributed by atoms with Crippen molar-refractivity contribution >= 4 is 18.2 Å². The maximum Gasteiger partial charge on any atom is 0.421 e. The van der Waals surface area contributed by atoms with Crippen LogP contribution in [0.5, 0.6) is 0 Å². The van der Waals surface area contributed by atoms with E-state index in [9.17, 15) is 4.79 Å². The second-order valence-electron chi connectivity index (χ2n) is 3.57. The largest absolute Gasteiger partial charge is 0.443 e. The Morgan fingerprint density at radius 1 is 1.58 bits per heavy atom. The summed E-state index contributed by atoms with van der Waals surface area (Å²) in [5, 5.41) is 0. The molecule has 1 rings (SSSR count). The number of carbonyl (C=O) groups is 1. The Balaban J connectivity index is 2.37. The van der Waals surface area contributed by atoms with Gasteiger partial charge in [0.05, 0.1) is 6.54 Å². The summed E-state index contributed by atoms with van der Waals surface area (Å²) >= 11 is 1.30. The number of ether oxygens (including phenoxy) is 1. The van der Waals surface area contributed by atoms with Gasteiger partial charge in [-0.3, -0.25) is 0 Å². The summed E-state index contributed by atoms with van der Waals surface area (Å²) < 4.78 is 9.70. The minimum absolute atomic E-state index is 0.266. The van der Waals surface area contributed by atoms with E-state index in [4.69, 9.17) is 4.74 Å². The lowest BCUT2D eigenvalue weighted by molar-refractivity contribution is 0.0416. The first-order chi connectivity index (χ1) is 5.49. The Morgan fingerprint density at radius 3 is 2.67 bits per heavy atom. The third kappa shape index (κ3) is 2.91. The summed E-state index contributed by atoms with van der Waals surface area (Å²) in [4.78, 5) is 11.3. The Morgan fingerprint density at radius 2 is 2.25 bits per heavy atom. The predicted octanol–water partition coefficient (Wildman–Crippen LogP) is 1.39. The molecule has 0 radical (unpaired) electrons. The summed E-state index contributed by atoms with van der Waals surface area (Å²) in [6.45, 7) is 7.11. The van der Waals surface area contributed by atoms with Crippen molar-refractivity contribution in [3.8, 4) is 0 Å². The van der Waals surface area contributed by atoms with Gasteiger partial charge in [0.25, 0.3) is 0 Å². The molecule has 0 spiro atoms. The molecule has 0 aromatic rings. The van der Waals surface area contributed by atoms with E-state index in [0.717, 1.165) is 6.54 Å². The number of nitrogens with one attached hydrogen (secondary N) is 1. The minimum Gasteiger partial charge on any atom is -0.443 e. The zero-order valence-corrected chi connectivity index (χ0v) is 8.40. The lowest BCUT2D eigenvalue weighted by Crippen LogP contribution is -2.31. The van der Waals surface area contributed by atoms with E-state index >= 15 is 0 Å². The van der Waals surface area contributed by atoms with Gasteiger partial charge in [-0.05, 0) is 20.8 Å². The third-order valence-electron chi connectivity index (χ3n) is 1.19. The van der Waals surface area contributed by atoms with Crippen LogP contribution in [-0.2, 0) is 4.74 Å². The van der Waals surface area contributed by atoms with Gasteiger partial charge in [0, 0.05) is 18.7 Å². The van der Waals surface area contributed by atoms with Crippen molar-refractivity contribution in [1.29, 1.82) is 0 Å². The Kier molecular flexibility index (Phi) is 2.85. The molecular weight excluding hydrogens is 176 g/mol. The summed E-state index contributed by atoms with van der Waals surface area (Å²) in [5.41, 5.74) is -0.403. The van der Waals surface area contributed by atoms with Crippen molar-refractivity contribution in [2.45, 2.75) is 26.4 Å². The molecule has 1 heterocycles. The summed E-state index contributed by atoms with van der Waals surface area (Å²) in [6.07, 6.45) is -0.266. The standard InChI is InChI=1S/C7H14N2O2S/c1-7(2,3)11-6(10)9-5-4-8-12-9/h8H,4-5H2,1-3H3. The fourth-order valence-corrected chi connectivity index (χ4v) is 1.39. The smallest absolute Gasteiger partial charge is 0.421 e. The average molecular weight is 190 g/mol. The Labute approximate surface area is 76.9 Å². The van der Waals surface area contributed by atoms with E-state index in [1.807, 2.05) is 20.8 Å². The average Bonchev–Trinajstić information content (AvgIpc) is 2.32. The first-order valence-corrected chi connectivity index (χ1v) is 4.67. The van der Waals surface area contributed by atoms with Crippen molar-refractivity contribution in [2.75, 3.05) is 13.1 Å². The van der Waals surface area contributed by atoms with Gasteiger partial charge in [-0.25, -0.2) is 13.8 Å². The first-order valence-electron chi connectivity index (χ1n) is 3.89. The van der Waals surface area contributed by atoms with Crippen molar-refractivity contribution in [3.05, 3.63) is 0 Å². The molecule has 0 saturated carbocycles. The molecule has 0 aromatic carbocycles. The highest BCUT2D eigenvalue weighted by Crippen LogP contribution is 2.16. The fraction of sp³-hybridized carbons (Fsp3) is 0.857. The summed E-state index contributed by atoms with van der Waals surface area (Å²) in [6, 6.07) is 0. The van der Waals surface area contributed by atoms with Crippen LogP contribution >= 0.6 is 12.1 Å². The van der Waals surface area contributed by atoms with Gasteiger partial charge in [-0.1, -0.05) is 0 Å². The molecule has 1 fully saturated rings. The molecule has 0 aromatic heterocycles. The lowest BCUT2D eigenvalue weighted by Gasteiger charge is -2.22. The molecule has 0 atom stereocenters. The van der Waals surface area contributed by atoms with E-state index in [1.165, 1.54) is 12.1 Å². The van der Waals surface area contributed by atoms with Gasteiger partial charge in [0.15, 0.2) is 0 Å². The van der Waals surface area contributed by atoms with Crippen molar-refractivity contribution in [3.63, 3.8) is 0 Å². The lowest BCUT2D eigenvalue weighted by atomic mass is 10.2. The molecule has 12 heavy (non-hydrogen) atoms. The van der Waals surface area contributed by atoms with Gasteiger partial charge in [-0.15, -0.1) is 0 Å². The second kappa shape index (κ2) is 3.53. The van der Waals surface area contributed by atoms with Crippen LogP contribution in [0.25, 0.3) is 0 Å². The van der Waals surface area contributed by atoms with Gasteiger partial charge in [0.1, 0.15) is 5.60 Å². The number of nitrogens with zero attached hydrogens (tertiary/aromatic N) is 1. The SMILES string of the molecule is CC(C)(C)OC(=O)N1CCNS1. The second-order valence-corrected chi connectivity index (χ2v) is 4.48. The van der Waals surface area contributed by atoms with Crippen LogP contribution in [0.3, 0.4) is 0 Å². The van der Waals surface area contributed by atoms with Crippen LogP contribution in [0.1, 0.15) is 20.8 Å². The summed E-state index contributed by atoms with van der Waals surface area (Å²) in [7, 11) is 0. The predicted molar refractivity (Wildman–Crippen MR) is 48.5 cm³/mol. The topological polar surface area (TPSA) is 41.6 Å². The molecule has 0 aliphatic carbocycles. The molecule has 0 unspecified atom stereocenters. The molecule has 4 nitrogen and oxygen atoms in total. The fourth-order valence-electron chi connectivity index (χ4n) is 0.758. The molecule has 1 N–H and O–H groups in total. The highest BCUT2D eigenvalue weighted by atomic mass is 32.2. The third-order valence-corrected chi connectivity index (χ3v) is 2.07. The van der Waals surface area contributed by atoms with Crippen molar-refractivity contribution in [1.82, 2.24) is 9.03 Å². The quantitative estimate of drug-likeness (QED) is 0.586. The molecule has 1 saturated heterocycles. The van der Waals surface area contributed by atoms with Gasteiger partial charge in [-0.2, -0.15) is 0 Å². The molecule has 5 heteroatoms. The number of hydrogen-bond acceptors (Lipinski definition) is 4. The Bertz CT molecular complexity index is 173. The van der Waals surface area contributed by atoms with E-state index in [1.54, 1.807) is 4.31 Å². The summed E-state index contributed by atoms with van der Waals surface area (Å²) in [5.74, 6) is 0. The maximum absolute atomic E-state index is 11.3. The van der Waals surface area contributed by atoms with Gasteiger partial charge in [0.2, 0.25) is 0 Å². The van der Waals surface area contributed by atoms with Crippen LogP contribution in [0, 0.1) is 0 Å². The van der Waals surface area contributed by atoms with Crippen molar-refractivity contribution in [2.24, 2.45) is 0 Å². The van der Waals surface area contributed by atoms with Crippen LogP contribution < -0.4 is 4.72 Å². The highest BCUT2D eigenvalue weighted by Gasteiger charge is 2.24. The van der Waals surface area contributed by atoms with Crippen LogP contribution in [-0.4, -0.2) is 29.1 Å². The normalized spacial score (nSPS) is 18.1. The molecule has 0 bridgehead atoms. The van der Waals surface area contributed by atoms with E-state index < -0.39 is 5.60 Å². The zero-order valence-electron chi connectivity index (χ0n) is 7.59. The van der Waals surface area contributed by atoms with E-state index in [2.05, 4.69) is 4.72 Å². The Hall–Kier alpha value is -0.420. The monoisotopic (exact) mass is 190 g/mol. The molecular formula is C7H14N2O2S. The number of amides is 1. The van der Waals surface area contributed by atoms with Crippen LogP contribution in [0.2, 0.25) is 0 Å². The zero-order chi connectivity index (χ0) is 9.19. The highest BCUT2D eigenvalue weighted by molar-refractivity contribution is 7.95. The first kappa shape index (κ1) is 9.67. The van der Waals surface area contributed by atoms with E-state index in [0.29, 0.717) is 6.54 Å². The number of hydrogen-bond donors (Lipinski definition) is 1. The molecule has 1 aliphatic heterocycles. The number of carbonyl (C=O) groups excluding carboxylic acids is 1. The van der Waals surface area contributed by atoms with Crippen LogP contribution in [0.4, 0.5) is 4.79 Å². The number of rotatable bonds is 0. The molecule has 70 valence electrons. The minimum atomic E-state index is -0.403. The van der Waals surface area contributed by atoms with Gasteiger partial charge >= 0.3 is 6.09 Å². The van der Waals surface area contributed by atoms with E-state index in [-0.39, 0.29) is 6.09 Å². The molecule has 1 amide bonds. The maximum atomic E-state index is 11.3. The van der Waals surface area contributed by atoms with Crippen molar-refractivity contribution < 1.29 is 9.53 Å². The van der Waals surface area contributed by atoms with Gasteiger partial charge < -0.3 is 4.74 Å². The van der Waals surface area contributed by atoms with Crippen LogP contribution in [0.15, 0.2) is 0 Å². The molecule has 1 aliphatic rings.